The standard InChI is InChI=1S/C35H25N5/c1-22-19-23(2)37-34-28(22)16-14-25-15-17-29(38-33(25)34)26-11-8-12-27(20-26)32-21-31(24-9-4-3-5-10-24)39-35(40-32)30-13-6-7-18-36-30/h3-21H,1-2H3. The molecule has 4 aromatic heterocycles. The Hall–Kier alpha value is -5.29. The Balaban J connectivity index is 1.37. The van der Waals surface area contributed by atoms with E-state index in [1.807, 2.05) is 49.4 Å². The number of pyridine rings is 3. The Bertz CT molecular complexity index is 1960. The van der Waals surface area contributed by atoms with Gasteiger partial charge in [0.2, 0.25) is 0 Å². The lowest BCUT2D eigenvalue weighted by Crippen LogP contribution is -1.97. The maximum Gasteiger partial charge on any atom is 0.179 e. The fourth-order valence-electron chi connectivity index (χ4n) is 5.16. The Labute approximate surface area is 232 Å². The van der Waals surface area contributed by atoms with Gasteiger partial charge in [0.05, 0.1) is 28.1 Å². The second kappa shape index (κ2) is 9.79. The van der Waals surface area contributed by atoms with Crippen molar-refractivity contribution in [2.75, 3.05) is 0 Å². The van der Waals surface area contributed by atoms with Crippen LogP contribution in [0.1, 0.15) is 11.3 Å². The minimum absolute atomic E-state index is 0.592. The minimum atomic E-state index is 0.592. The fourth-order valence-corrected chi connectivity index (χ4v) is 5.16. The molecule has 4 heterocycles. The molecule has 0 spiro atoms. The molecular formula is C35H25N5. The van der Waals surface area contributed by atoms with Gasteiger partial charge in [0.1, 0.15) is 5.69 Å². The quantitative estimate of drug-likeness (QED) is 0.221. The van der Waals surface area contributed by atoms with E-state index in [0.29, 0.717) is 5.82 Å². The molecular weight excluding hydrogens is 490 g/mol. The second-order valence-electron chi connectivity index (χ2n) is 9.93. The first kappa shape index (κ1) is 23.8. The highest BCUT2D eigenvalue weighted by atomic mass is 14.9. The van der Waals surface area contributed by atoms with Crippen LogP contribution >= 0.6 is 0 Å². The Morgan fingerprint density at radius 3 is 2.00 bits per heavy atom. The van der Waals surface area contributed by atoms with Crippen LogP contribution in [0.15, 0.2) is 115 Å². The molecule has 0 unspecified atom stereocenters. The molecule has 0 amide bonds. The normalized spacial score (nSPS) is 11.2. The Morgan fingerprint density at radius 2 is 1.20 bits per heavy atom. The molecule has 7 rings (SSSR count). The lowest BCUT2D eigenvalue weighted by Gasteiger charge is -2.11. The van der Waals surface area contributed by atoms with Gasteiger partial charge in [-0.2, -0.15) is 0 Å². The van der Waals surface area contributed by atoms with Gasteiger partial charge in [0.25, 0.3) is 0 Å². The molecule has 190 valence electrons. The van der Waals surface area contributed by atoms with Crippen molar-refractivity contribution in [2.45, 2.75) is 13.8 Å². The highest BCUT2D eigenvalue weighted by Gasteiger charge is 2.13. The lowest BCUT2D eigenvalue weighted by atomic mass is 10.0. The molecule has 7 aromatic rings. The van der Waals surface area contributed by atoms with Gasteiger partial charge in [-0.25, -0.2) is 15.0 Å². The summed E-state index contributed by atoms with van der Waals surface area (Å²) in [5.41, 5.74) is 10.4. The third-order valence-electron chi connectivity index (χ3n) is 7.12. The van der Waals surface area contributed by atoms with Crippen LogP contribution < -0.4 is 0 Å². The lowest BCUT2D eigenvalue weighted by molar-refractivity contribution is 1.15. The molecule has 0 fully saturated rings. The van der Waals surface area contributed by atoms with Crippen molar-refractivity contribution in [1.82, 2.24) is 24.9 Å². The van der Waals surface area contributed by atoms with Gasteiger partial charge in [-0.05, 0) is 55.8 Å². The van der Waals surface area contributed by atoms with Crippen LogP contribution in [0.3, 0.4) is 0 Å². The van der Waals surface area contributed by atoms with E-state index >= 15 is 0 Å². The van der Waals surface area contributed by atoms with Gasteiger partial charge >= 0.3 is 0 Å². The monoisotopic (exact) mass is 515 g/mol. The van der Waals surface area contributed by atoms with Crippen LogP contribution in [-0.2, 0) is 0 Å². The number of fused-ring (bicyclic) bond motifs is 3. The van der Waals surface area contributed by atoms with Crippen LogP contribution in [0.4, 0.5) is 0 Å². The van der Waals surface area contributed by atoms with Crippen molar-refractivity contribution in [3.8, 4) is 45.3 Å². The summed E-state index contributed by atoms with van der Waals surface area (Å²) < 4.78 is 0. The molecule has 40 heavy (non-hydrogen) atoms. The van der Waals surface area contributed by atoms with Crippen LogP contribution in [0.5, 0.6) is 0 Å². The van der Waals surface area contributed by atoms with Crippen molar-refractivity contribution in [3.63, 3.8) is 0 Å². The number of hydrogen-bond donors (Lipinski definition) is 0. The molecule has 3 aromatic carbocycles. The van der Waals surface area contributed by atoms with Crippen LogP contribution in [0.25, 0.3) is 67.1 Å². The van der Waals surface area contributed by atoms with Crippen LogP contribution in [0.2, 0.25) is 0 Å². The van der Waals surface area contributed by atoms with E-state index in [4.69, 9.17) is 19.9 Å². The van der Waals surface area contributed by atoms with Gasteiger partial charge in [-0.1, -0.05) is 72.8 Å². The van der Waals surface area contributed by atoms with E-state index in [1.54, 1.807) is 6.20 Å². The predicted octanol–water partition coefficient (Wildman–Crippen LogP) is 8.25. The summed E-state index contributed by atoms with van der Waals surface area (Å²) in [6.45, 7) is 4.16. The third kappa shape index (κ3) is 4.37. The molecule has 0 bridgehead atoms. The van der Waals surface area contributed by atoms with E-state index in [2.05, 4.69) is 78.6 Å². The zero-order valence-corrected chi connectivity index (χ0v) is 22.2. The number of hydrogen-bond acceptors (Lipinski definition) is 5. The molecule has 0 aliphatic carbocycles. The van der Waals surface area contributed by atoms with Gasteiger partial charge < -0.3 is 0 Å². The number of rotatable bonds is 4. The molecule has 0 saturated carbocycles. The summed E-state index contributed by atoms with van der Waals surface area (Å²) in [6, 6.07) is 36.9. The predicted molar refractivity (Wildman–Crippen MR) is 162 cm³/mol. The maximum atomic E-state index is 5.12. The zero-order chi connectivity index (χ0) is 27.1. The maximum absolute atomic E-state index is 5.12. The van der Waals surface area contributed by atoms with Crippen LogP contribution in [0, 0.1) is 13.8 Å². The molecule has 0 saturated heterocycles. The summed E-state index contributed by atoms with van der Waals surface area (Å²) in [6.07, 6.45) is 1.76. The largest absolute Gasteiger partial charge is 0.253 e. The summed E-state index contributed by atoms with van der Waals surface area (Å²) in [7, 11) is 0. The number of benzene rings is 3. The fraction of sp³-hybridized carbons (Fsp3) is 0.0571. The van der Waals surface area contributed by atoms with Crippen LogP contribution in [-0.4, -0.2) is 24.9 Å². The van der Waals surface area contributed by atoms with E-state index in [-0.39, 0.29) is 0 Å². The first-order valence-electron chi connectivity index (χ1n) is 13.3. The average molecular weight is 516 g/mol. The van der Waals surface area contributed by atoms with Crippen molar-refractivity contribution in [3.05, 3.63) is 127 Å². The van der Waals surface area contributed by atoms with E-state index in [1.165, 1.54) is 5.56 Å². The average Bonchev–Trinajstić information content (AvgIpc) is 3.01. The zero-order valence-electron chi connectivity index (χ0n) is 22.2. The van der Waals surface area contributed by atoms with Gasteiger partial charge in [0.15, 0.2) is 5.82 Å². The Kier molecular flexibility index (Phi) is 5.82. The summed E-state index contributed by atoms with van der Waals surface area (Å²) in [5.74, 6) is 0.592. The van der Waals surface area contributed by atoms with E-state index < -0.39 is 0 Å². The van der Waals surface area contributed by atoms with Gasteiger partial charge in [-0.15, -0.1) is 0 Å². The molecule has 5 nitrogen and oxygen atoms in total. The van der Waals surface area contributed by atoms with Gasteiger partial charge in [-0.3, -0.25) is 9.97 Å². The summed E-state index contributed by atoms with van der Waals surface area (Å²) >= 11 is 0. The van der Waals surface area contributed by atoms with E-state index in [9.17, 15) is 0 Å². The van der Waals surface area contributed by atoms with Crippen molar-refractivity contribution in [1.29, 1.82) is 0 Å². The molecule has 0 atom stereocenters. The number of aromatic nitrogens is 5. The first-order valence-corrected chi connectivity index (χ1v) is 13.3. The SMILES string of the molecule is Cc1cc(C)c2ccc3ccc(-c4cccc(-c5cc(-c6ccccc6)nc(-c6ccccn6)n5)c4)nc3c2n1. The molecule has 0 aliphatic heterocycles. The topological polar surface area (TPSA) is 64.5 Å². The number of aryl methyl sites for hydroxylation is 2. The summed E-state index contributed by atoms with van der Waals surface area (Å²) in [4.78, 5) is 24.3. The summed E-state index contributed by atoms with van der Waals surface area (Å²) in [5, 5.41) is 2.21. The smallest absolute Gasteiger partial charge is 0.179 e. The molecule has 0 N–H and O–H groups in total. The van der Waals surface area contributed by atoms with Crippen molar-refractivity contribution in [2.24, 2.45) is 0 Å². The Morgan fingerprint density at radius 1 is 0.475 bits per heavy atom. The third-order valence-corrected chi connectivity index (χ3v) is 7.12. The molecule has 0 radical (unpaired) electrons. The first-order chi connectivity index (χ1) is 19.6. The molecule has 0 aliphatic rings. The minimum Gasteiger partial charge on any atom is -0.253 e. The number of nitrogens with zero attached hydrogens (tertiary/aromatic N) is 5. The van der Waals surface area contributed by atoms with Gasteiger partial charge in [0, 0.05) is 39.4 Å². The van der Waals surface area contributed by atoms with Crippen molar-refractivity contribution < 1.29 is 0 Å². The highest BCUT2D eigenvalue weighted by molar-refractivity contribution is 6.04. The van der Waals surface area contributed by atoms with E-state index in [0.717, 1.165) is 67.0 Å². The second-order valence-corrected chi connectivity index (χ2v) is 9.93. The van der Waals surface area contributed by atoms with Crippen molar-refractivity contribution >= 4 is 21.8 Å². The highest BCUT2D eigenvalue weighted by Crippen LogP contribution is 2.31. The molecule has 5 heteroatoms.